The van der Waals surface area contributed by atoms with Gasteiger partial charge < -0.3 is 11.5 Å². The topological polar surface area (TPSA) is 52.0 Å². The molecule has 0 saturated carbocycles. The van der Waals surface area contributed by atoms with Crippen LogP contribution in [0.5, 0.6) is 0 Å². The predicted octanol–water partition coefficient (Wildman–Crippen LogP) is 2.80. The fourth-order valence-corrected chi connectivity index (χ4v) is 1.68. The standard InChI is InChI=1S/C10H13F3N2/c1-4-7(10(11,12)13)5(2)9(15)6(3)8(4)14/h14-15H2,1-3H3. The summed E-state index contributed by atoms with van der Waals surface area (Å²) in [5.74, 6) is 0. The lowest BCUT2D eigenvalue weighted by Gasteiger charge is -2.19. The van der Waals surface area contributed by atoms with Crippen molar-refractivity contribution in [1.29, 1.82) is 0 Å². The van der Waals surface area contributed by atoms with Gasteiger partial charge in [0.05, 0.1) is 5.56 Å². The molecule has 84 valence electrons. The van der Waals surface area contributed by atoms with Crippen molar-refractivity contribution in [2.24, 2.45) is 0 Å². The first kappa shape index (κ1) is 11.7. The molecule has 4 N–H and O–H groups in total. The van der Waals surface area contributed by atoms with Gasteiger partial charge in [-0.15, -0.1) is 0 Å². The Kier molecular flexibility index (Phi) is 2.59. The Hall–Kier alpha value is -1.39. The minimum atomic E-state index is -4.41. The first-order valence-electron chi connectivity index (χ1n) is 4.39. The van der Waals surface area contributed by atoms with Crippen molar-refractivity contribution in [3.8, 4) is 0 Å². The van der Waals surface area contributed by atoms with Gasteiger partial charge >= 0.3 is 6.18 Å². The van der Waals surface area contributed by atoms with E-state index in [2.05, 4.69) is 0 Å². The van der Waals surface area contributed by atoms with Gasteiger partial charge in [-0.2, -0.15) is 13.2 Å². The quantitative estimate of drug-likeness (QED) is 0.658. The highest BCUT2D eigenvalue weighted by Crippen LogP contribution is 2.40. The second-order valence-electron chi connectivity index (χ2n) is 3.58. The van der Waals surface area contributed by atoms with Crippen LogP contribution < -0.4 is 11.5 Å². The van der Waals surface area contributed by atoms with Crippen LogP contribution in [0, 0.1) is 20.8 Å². The number of nitrogen functional groups attached to an aromatic ring is 2. The SMILES string of the molecule is Cc1c(N)c(C)c(C(F)(F)F)c(C)c1N. The second-order valence-corrected chi connectivity index (χ2v) is 3.58. The molecule has 0 aliphatic carbocycles. The molecule has 0 fully saturated rings. The Morgan fingerprint density at radius 3 is 1.40 bits per heavy atom. The second kappa shape index (κ2) is 3.32. The number of hydrogen-bond acceptors (Lipinski definition) is 2. The highest BCUT2D eigenvalue weighted by molar-refractivity contribution is 5.71. The van der Waals surface area contributed by atoms with Gasteiger partial charge in [-0.05, 0) is 37.5 Å². The van der Waals surface area contributed by atoms with Gasteiger partial charge in [0.2, 0.25) is 0 Å². The summed E-state index contributed by atoms with van der Waals surface area (Å²) in [6.45, 7) is 4.33. The highest BCUT2D eigenvalue weighted by atomic mass is 19.4. The fraction of sp³-hybridized carbons (Fsp3) is 0.400. The first-order chi connectivity index (χ1) is 6.68. The molecule has 0 aliphatic rings. The van der Waals surface area contributed by atoms with Gasteiger partial charge in [-0.1, -0.05) is 0 Å². The van der Waals surface area contributed by atoms with E-state index < -0.39 is 11.7 Å². The van der Waals surface area contributed by atoms with Gasteiger partial charge in [0.1, 0.15) is 0 Å². The zero-order chi connectivity index (χ0) is 12.0. The number of rotatable bonds is 0. The van der Waals surface area contributed by atoms with Crippen LogP contribution in [-0.4, -0.2) is 0 Å². The van der Waals surface area contributed by atoms with Gasteiger partial charge in [0.15, 0.2) is 0 Å². The Labute approximate surface area is 86.1 Å². The van der Waals surface area contributed by atoms with Crippen LogP contribution in [0.3, 0.4) is 0 Å². The van der Waals surface area contributed by atoms with Crippen LogP contribution in [0.25, 0.3) is 0 Å². The van der Waals surface area contributed by atoms with E-state index in [0.717, 1.165) is 0 Å². The smallest absolute Gasteiger partial charge is 0.398 e. The summed E-state index contributed by atoms with van der Waals surface area (Å²) in [5.41, 5.74) is 11.3. The minimum Gasteiger partial charge on any atom is -0.398 e. The van der Waals surface area contributed by atoms with Crippen molar-refractivity contribution in [2.75, 3.05) is 11.5 Å². The molecule has 5 heteroatoms. The molecule has 0 aromatic heterocycles. The van der Waals surface area contributed by atoms with Crippen LogP contribution in [0.1, 0.15) is 22.3 Å². The maximum Gasteiger partial charge on any atom is 0.417 e. The largest absolute Gasteiger partial charge is 0.417 e. The van der Waals surface area contributed by atoms with E-state index in [9.17, 15) is 13.2 Å². The molecule has 1 rings (SSSR count). The Morgan fingerprint density at radius 1 is 0.800 bits per heavy atom. The lowest BCUT2D eigenvalue weighted by Crippen LogP contribution is -2.15. The third-order valence-electron chi connectivity index (χ3n) is 2.65. The molecule has 0 aliphatic heterocycles. The van der Waals surface area contributed by atoms with Crippen LogP contribution in [-0.2, 0) is 6.18 Å². The van der Waals surface area contributed by atoms with E-state index in [1.807, 2.05) is 0 Å². The molecule has 0 atom stereocenters. The molecule has 2 nitrogen and oxygen atoms in total. The lowest BCUT2D eigenvalue weighted by atomic mass is 9.95. The Bertz CT molecular complexity index is 379. The Morgan fingerprint density at radius 2 is 1.13 bits per heavy atom. The van der Waals surface area contributed by atoms with Crippen molar-refractivity contribution in [2.45, 2.75) is 26.9 Å². The number of halogens is 3. The normalized spacial score (nSPS) is 11.9. The van der Waals surface area contributed by atoms with Crippen LogP contribution >= 0.6 is 0 Å². The predicted molar refractivity (Wildman–Crippen MR) is 54.5 cm³/mol. The van der Waals surface area contributed by atoms with Gasteiger partial charge in [-0.25, -0.2) is 0 Å². The molecule has 0 saturated heterocycles. The summed E-state index contributed by atoms with van der Waals surface area (Å²) < 4.78 is 38.1. The molecule has 15 heavy (non-hydrogen) atoms. The molecule has 0 bridgehead atoms. The summed E-state index contributed by atoms with van der Waals surface area (Å²) in [6, 6.07) is 0. The summed E-state index contributed by atoms with van der Waals surface area (Å²) in [5, 5.41) is 0. The van der Waals surface area contributed by atoms with Gasteiger partial charge in [-0.3, -0.25) is 0 Å². The third-order valence-corrected chi connectivity index (χ3v) is 2.65. The van der Waals surface area contributed by atoms with E-state index in [-0.39, 0.29) is 22.5 Å². The minimum absolute atomic E-state index is 0.0479. The molecule has 0 amide bonds. The highest BCUT2D eigenvalue weighted by Gasteiger charge is 2.36. The van der Waals surface area contributed by atoms with Crippen molar-refractivity contribution < 1.29 is 13.2 Å². The van der Waals surface area contributed by atoms with Crippen LogP contribution in [0.2, 0.25) is 0 Å². The third kappa shape index (κ3) is 1.73. The van der Waals surface area contributed by atoms with Gasteiger partial charge in [0, 0.05) is 11.4 Å². The Balaban J connectivity index is 3.68. The maximum atomic E-state index is 12.7. The molecule has 1 aromatic rings. The van der Waals surface area contributed by atoms with Crippen molar-refractivity contribution >= 4 is 11.4 Å². The van der Waals surface area contributed by atoms with Crippen molar-refractivity contribution in [3.05, 3.63) is 22.3 Å². The number of alkyl halides is 3. The monoisotopic (exact) mass is 218 g/mol. The fourth-order valence-electron chi connectivity index (χ4n) is 1.68. The van der Waals surface area contributed by atoms with E-state index in [1.54, 1.807) is 6.92 Å². The lowest BCUT2D eigenvalue weighted by molar-refractivity contribution is -0.138. The first-order valence-corrected chi connectivity index (χ1v) is 4.39. The molecule has 1 aromatic carbocycles. The number of nitrogens with two attached hydrogens (primary N) is 2. The zero-order valence-corrected chi connectivity index (χ0v) is 8.79. The van der Waals surface area contributed by atoms with E-state index in [4.69, 9.17) is 11.5 Å². The maximum absolute atomic E-state index is 12.7. The van der Waals surface area contributed by atoms with E-state index in [1.165, 1.54) is 13.8 Å². The summed E-state index contributed by atoms with van der Waals surface area (Å²) >= 11 is 0. The summed E-state index contributed by atoms with van der Waals surface area (Å²) in [4.78, 5) is 0. The molecule has 0 heterocycles. The summed E-state index contributed by atoms with van der Waals surface area (Å²) in [7, 11) is 0. The average molecular weight is 218 g/mol. The zero-order valence-electron chi connectivity index (χ0n) is 8.79. The molecular formula is C10H13F3N2. The van der Waals surface area contributed by atoms with Crippen LogP contribution in [0.15, 0.2) is 0 Å². The molecule has 0 radical (unpaired) electrons. The number of hydrogen-bond donors (Lipinski definition) is 2. The van der Waals surface area contributed by atoms with E-state index in [0.29, 0.717) is 5.56 Å². The average Bonchev–Trinajstić information content (AvgIpc) is 2.09. The van der Waals surface area contributed by atoms with Crippen molar-refractivity contribution in [1.82, 2.24) is 0 Å². The van der Waals surface area contributed by atoms with Crippen LogP contribution in [0.4, 0.5) is 24.5 Å². The molecule has 0 unspecified atom stereocenters. The summed E-state index contributed by atoms with van der Waals surface area (Å²) in [6.07, 6.45) is -4.41. The van der Waals surface area contributed by atoms with Crippen molar-refractivity contribution in [3.63, 3.8) is 0 Å². The number of anilines is 2. The molecule has 0 spiro atoms. The van der Waals surface area contributed by atoms with Gasteiger partial charge in [0.25, 0.3) is 0 Å². The molecular weight excluding hydrogens is 205 g/mol. The number of benzene rings is 1. The van der Waals surface area contributed by atoms with E-state index >= 15 is 0 Å².